The molecule has 0 bridgehead atoms. The second kappa shape index (κ2) is 5.03. The van der Waals surface area contributed by atoms with Crippen LogP contribution in [0.5, 0.6) is 11.5 Å². The van der Waals surface area contributed by atoms with Crippen LogP contribution in [0.3, 0.4) is 0 Å². The van der Waals surface area contributed by atoms with Gasteiger partial charge in [0.2, 0.25) is 0 Å². The van der Waals surface area contributed by atoms with Gasteiger partial charge in [-0.05, 0) is 35.2 Å². The Morgan fingerprint density at radius 3 is 2.11 bits per heavy atom. The molecular formula is C16H17ClO. The van der Waals surface area contributed by atoms with Crippen molar-refractivity contribution in [1.82, 2.24) is 0 Å². The maximum absolute atomic E-state index is 6.30. The zero-order valence-corrected chi connectivity index (χ0v) is 11.7. The second-order valence-corrected chi connectivity index (χ2v) is 5.71. The quantitative estimate of drug-likeness (QED) is 0.700. The van der Waals surface area contributed by atoms with Gasteiger partial charge in [-0.25, -0.2) is 0 Å². The van der Waals surface area contributed by atoms with Gasteiger partial charge < -0.3 is 4.74 Å². The molecule has 0 unspecified atom stereocenters. The summed E-state index contributed by atoms with van der Waals surface area (Å²) in [6.45, 7) is 6.43. The first-order valence-corrected chi connectivity index (χ1v) is 6.37. The molecule has 0 saturated carbocycles. The van der Waals surface area contributed by atoms with E-state index in [-0.39, 0.29) is 5.41 Å². The minimum atomic E-state index is 0.0440. The first-order chi connectivity index (χ1) is 8.47. The van der Waals surface area contributed by atoms with Gasteiger partial charge in [-0.15, -0.1) is 0 Å². The summed E-state index contributed by atoms with van der Waals surface area (Å²) in [5, 5.41) is 0.746. The number of benzene rings is 2. The van der Waals surface area contributed by atoms with Crippen molar-refractivity contribution in [1.29, 1.82) is 0 Å². The minimum absolute atomic E-state index is 0.0440. The predicted molar refractivity (Wildman–Crippen MR) is 76.7 cm³/mol. The number of hydrogen-bond acceptors (Lipinski definition) is 1. The number of hydrogen-bond donors (Lipinski definition) is 0. The summed E-state index contributed by atoms with van der Waals surface area (Å²) >= 11 is 6.30. The third-order valence-electron chi connectivity index (χ3n) is 2.73. The highest BCUT2D eigenvalue weighted by Gasteiger charge is 2.17. The number of halogens is 1. The zero-order chi connectivity index (χ0) is 13.2. The van der Waals surface area contributed by atoms with E-state index in [1.54, 1.807) is 0 Å². The van der Waals surface area contributed by atoms with Crippen LogP contribution in [0.15, 0.2) is 48.5 Å². The molecule has 0 aliphatic heterocycles. The lowest BCUT2D eigenvalue weighted by Gasteiger charge is -2.21. The van der Waals surface area contributed by atoms with Gasteiger partial charge in [0, 0.05) is 5.02 Å². The molecule has 0 N–H and O–H groups in total. The first-order valence-electron chi connectivity index (χ1n) is 6.00. The third kappa shape index (κ3) is 3.05. The summed E-state index contributed by atoms with van der Waals surface area (Å²) in [4.78, 5) is 0. The lowest BCUT2D eigenvalue weighted by Crippen LogP contribution is -2.11. The number of ether oxygens (including phenoxy) is 1. The molecule has 18 heavy (non-hydrogen) atoms. The molecule has 0 heterocycles. The van der Waals surface area contributed by atoms with Crippen molar-refractivity contribution >= 4 is 11.6 Å². The topological polar surface area (TPSA) is 9.23 Å². The molecule has 1 nitrogen and oxygen atoms in total. The van der Waals surface area contributed by atoms with Gasteiger partial charge in [-0.3, -0.25) is 0 Å². The molecule has 0 saturated heterocycles. The standard InChI is InChI=1S/C16H17ClO/c1-16(2,3)14-10-9-13(11-15(14)17)18-12-7-5-4-6-8-12/h4-11H,1-3H3. The van der Waals surface area contributed by atoms with Gasteiger partial charge in [0.05, 0.1) is 0 Å². The van der Waals surface area contributed by atoms with Crippen molar-refractivity contribution in [2.24, 2.45) is 0 Å². The van der Waals surface area contributed by atoms with Crippen LogP contribution in [0.1, 0.15) is 26.3 Å². The highest BCUT2D eigenvalue weighted by molar-refractivity contribution is 6.31. The Labute approximate surface area is 113 Å². The van der Waals surface area contributed by atoms with Crippen LogP contribution in [0, 0.1) is 0 Å². The Morgan fingerprint density at radius 1 is 0.889 bits per heavy atom. The molecule has 2 aromatic carbocycles. The van der Waals surface area contributed by atoms with Gasteiger partial charge in [0.1, 0.15) is 11.5 Å². The van der Waals surface area contributed by atoms with Gasteiger partial charge in [-0.1, -0.05) is 56.6 Å². The summed E-state index contributed by atoms with van der Waals surface area (Å²) < 4.78 is 5.74. The van der Waals surface area contributed by atoms with E-state index in [0.29, 0.717) is 0 Å². The van der Waals surface area contributed by atoms with E-state index in [1.807, 2.05) is 48.5 Å². The zero-order valence-electron chi connectivity index (χ0n) is 10.9. The second-order valence-electron chi connectivity index (χ2n) is 5.31. The summed E-state index contributed by atoms with van der Waals surface area (Å²) in [5.41, 5.74) is 1.17. The van der Waals surface area contributed by atoms with E-state index in [1.165, 1.54) is 0 Å². The molecule has 0 aliphatic rings. The Morgan fingerprint density at radius 2 is 1.56 bits per heavy atom. The van der Waals surface area contributed by atoms with Crippen LogP contribution in [0.2, 0.25) is 5.02 Å². The summed E-state index contributed by atoms with van der Waals surface area (Å²) in [6.07, 6.45) is 0. The van der Waals surface area contributed by atoms with Crippen LogP contribution in [0.4, 0.5) is 0 Å². The molecule has 0 aliphatic carbocycles. The smallest absolute Gasteiger partial charge is 0.128 e. The molecular weight excluding hydrogens is 244 g/mol. The van der Waals surface area contributed by atoms with E-state index in [9.17, 15) is 0 Å². The van der Waals surface area contributed by atoms with Crippen molar-refractivity contribution in [3.63, 3.8) is 0 Å². The highest BCUT2D eigenvalue weighted by atomic mass is 35.5. The van der Waals surface area contributed by atoms with Crippen molar-refractivity contribution in [3.8, 4) is 11.5 Å². The normalized spacial score (nSPS) is 11.3. The number of rotatable bonds is 2. The Hall–Kier alpha value is -1.47. The average molecular weight is 261 g/mol. The molecule has 0 spiro atoms. The molecule has 0 aromatic heterocycles. The third-order valence-corrected chi connectivity index (χ3v) is 3.04. The Kier molecular flexibility index (Phi) is 3.63. The molecule has 0 amide bonds. The van der Waals surface area contributed by atoms with Gasteiger partial charge in [0.25, 0.3) is 0 Å². The lowest BCUT2D eigenvalue weighted by molar-refractivity contribution is 0.481. The predicted octanol–water partition coefficient (Wildman–Crippen LogP) is 5.43. The maximum Gasteiger partial charge on any atom is 0.128 e. The largest absolute Gasteiger partial charge is 0.457 e. The van der Waals surface area contributed by atoms with Gasteiger partial charge in [0.15, 0.2) is 0 Å². The lowest BCUT2D eigenvalue weighted by atomic mass is 9.87. The van der Waals surface area contributed by atoms with E-state index in [0.717, 1.165) is 22.1 Å². The van der Waals surface area contributed by atoms with E-state index < -0.39 is 0 Å². The fourth-order valence-electron chi connectivity index (χ4n) is 1.79. The van der Waals surface area contributed by atoms with Crippen molar-refractivity contribution in [2.75, 3.05) is 0 Å². The van der Waals surface area contributed by atoms with E-state index in [4.69, 9.17) is 16.3 Å². The molecule has 94 valence electrons. The first kappa shape index (κ1) is 13.0. The molecule has 0 atom stereocenters. The summed E-state index contributed by atoms with van der Waals surface area (Å²) in [7, 11) is 0. The molecule has 0 fully saturated rings. The van der Waals surface area contributed by atoms with Crippen molar-refractivity contribution in [3.05, 3.63) is 59.1 Å². The van der Waals surface area contributed by atoms with Crippen molar-refractivity contribution < 1.29 is 4.74 Å². The fourth-order valence-corrected chi connectivity index (χ4v) is 2.25. The summed E-state index contributed by atoms with van der Waals surface area (Å²) in [6, 6.07) is 15.6. The minimum Gasteiger partial charge on any atom is -0.457 e. The maximum atomic E-state index is 6.30. The van der Waals surface area contributed by atoms with E-state index in [2.05, 4.69) is 20.8 Å². The highest BCUT2D eigenvalue weighted by Crippen LogP contribution is 2.33. The van der Waals surface area contributed by atoms with Crippen LogP contribution in [-0.2, 0) is 5.41 Å². The van der Waals surface area contributed by atoms with Crippen LogP contribution in [0.25, 0.3) is 0 Å². The average Bonchev–Trinajstić information content (AvgIpc) is 2.28. The molecule has 2 aromatic rings. The molecule has 2 heteroatoms. The monoisotopic (exact) mass is 260 g/mol. The van der Waals surface area contributed by atoms with Crippen LogP contribution < -0.4 is 4.74 Å². The van der Waals surface area contributed by atoms with Crippen LogP contribution in [-0.4, -0.2) is 0 Å². The molecule has 0 radical (unpaired) electrons. The number of para-hydroxylation sites is 1. The van der Waals surface area contributed by atoms with Crippen LogP contribution >= 0.6 is 11.6 Å². The Balaban J connectivity index is 2.25. The summed E-state index contributed by atoms with van der Waals surface area (Å²) in [5.74, 6) is 1.58. The van der Waals surface area contributed by atoms with Crippen molar-refractivity contribution in [2.45, 2.75) is 26.2 Å². The molecule has 2 rings (SSSR count). The van der Waals surface area contributed by atoms with Gasteiger partial charge >= 0.3 is 0 Å². The Bertz CT molecular complexity index is 527. The fraction of sp³-hybridized carbons (Fsp3) is 0.250. The SMILES string of the molecule is CC(C)(C)c1ccc(Oc2ccccc2)cc1Cl. The van der Waals surface area contributed by atoms with Gasteiger partial charge in [-0.2, -0.15) is 0 Å². The van der Waals surface area contributed by atoms with E-state index >= 15 is 0 Å².